The van der Waals surface area contributed by atoms with Crippen LogP contribution in [0.2, 0.25) is 0 Å². The van der Waals surface area contributed by atoms with Crippen LogP contribution in [0.1, 0.15) is 27.7 Å². The second-order valence-electron chi connectivity index (χ2n) is 4.66. The number of nitrogens with zero attached hydrogens (tertiary/aromatic N) is 2. The van der Waals surface area contributed by atoms with Gasteiger partial charge >= 0.3 is 10.3 Å². The fourth-order valence-electron chi connectivity index (χ4n) is 2.03. The highest BCUT2D eigenvalue weighted by molar-refractivity contribution is 7.87. The Bertz CT molecular complexity index is 469. The molecular formula is C14H27N2O4S+. The topological polar surface area (TPSA) is 77.8 Å². The molecule has 1 aromatic carbocycles. The first-order valence-corrected chi connectivity index (χ1v) is 8.52. The number of anilines is 1. The predicted molar refractivity (Wildman–Crippen MR) is 84.7 cm³/mol. The van der Waals surface area contributed by atoms with Crippen LogP contribution in [-0.2, 0) is 10.3 Å². The lowest BCUT2D eigenvalue weighted by atomic mass is 10.3. The molecule has 0 spiro atoms. The van der Waals surface area contributed by atoms with Gasteiger partial charge in [0.2, 0.25) is 0 Å². The van der Waals surface area contributed by atoms with Crippen molar-refractivity contribution in [1.82, 2.24) is 0 Å². The number of hydrogen-bond acceptors (Lipinski definition) is 3. The Hall–Kier alpha value is -1.15. The van der Waals surface area contributed by atoms with Gasteiger partial charge in [0, 0.05) is 0 Å². The summed E-state index contributed by atoms with van der Waals surface area (Å²) in [6.45, 7) is 14.2. The zero-order valence-electron chi connectivity index (χ0n) is 13.2. The molecular weight excluding hydrogens is 292 g/mol. The van der Waals surface area contributed by atoms with E-state index in [2.05, 4.69) is 27.7 Å². The van der Waals surface area contributed by atoms with E-state index < -0.39 is 10.3 Å². The highest BCUT2D eigenvalue weighted by Gasteiger charge is 2.16. The van der Waals surface area contributed by atoms with Crippen LogP contribution in [0.25, 0.3) is 0 Å². The monoisotopic (exact) mass is 319 g/mol. The molecule has 0 bridgehead atoms. The molecule has 0 amide bonds. The van der Waals surface area contributed by atoms with Gasteiger partial charge < -0.3 is 4.48 Å². The summed E-state index contributed by atoms with van der Waals surface area (Å²) in [7, 11) is -4.57. The van der Waals surface area contributed by atoms with Crippen molar-refractivity contribution >= 4 is 16.0 Å². The third kappa shape index (κ3) is 6.43. The molecule has 1 aromatic rings. The summed E-state index contributed by atoms with van der Waals surface area (Å²) in [5.74, 6) is 0. The predicted octanol–water partition coefficient (Wildman–Crippen LogP) is 2.57. The SMILES string of the molecule is CC[N+](CC)(CC)CC.O=S(=O)(O)N(O)c1ccccc1. The Morgan fingerprint density at radius 1 is 0.952 bits per heavy atom. The minimum Gasteiger partial charge on any atom is -0.325 e. The molecule has 0 radical (unpaired) electrons. The van der Waals surface area contributed by atoms with Crippen LogP contribution in [0.4, 0.5) is 5.69 Å². The van der Waals surface area contributed by atoms with Crippen molar-refractivity contribution < 1.29 is 22.7 Å². The van der Waals surface area contributed by atoms with Crippen LogP contribution in [-0.4, -0.2) is 48.8 Å². The van der Waals surface area contributed by atoms with Crippen molar-refractivity contribution in [3.63, 3.8) is 0 Å². The third-order valence-electron chi connectivity index (χ3n) is 3.88. The molecule has 0 aliphatic rings. The average molecular weight is 319 g/mol. The maximum atomic E-state index is 10.4. The molecule has 0 fully saturated rings. The van der Waals surface area contributed by atoms with Crippen LogP contribution in [0.3, 0.4) is 0 Å². The van der Waals surface area contributed by atoms with Gasteiger partial charge in [0.05, 0.1) is 31.9 Å². The number of benzene rings is 1. The van der Waals surface area contributed by atoms with E-state index in [9.17, 15) is 8.42 Å². The molecule has 1 rings (SSSR count). The summed E-state index contributed by atoms with van der Waals surface area (Å²) < 4.78 is 30.2. The van der Waals surface area contributed by atoms with Crippen LogP contribution in [0.15, 0.2) is 30.3 Å². The fourth-order valence-corrected chi connectivity index (χ4v) is 2.42. The highest BCUT2D eigenvalue weighted by atomic mass is 32.2. The summed E-state index contributed by atoms with van der Waals surface area (Å²) in [6, 6.07) is 7.40. The molecule has 0 saturated carbocycles. The lowest BCUT2D eigenvalue weighted by Crippen LogP contribution is -2.47. The van der Waals surface area contributed by atoms with Crippen LogP contribution in [0.5, 0.6) is 0 Å². The largest absolute Gasteiger partial charge is 0.382 e. The third-order valence-corrected chi connectivity index (χ3v) is 4.53. The molecule has 0 atom stereocenters. The van der Waals surface area contributed by atoms with Crippen molar-refractivity contribution in [3.05, 3.63) is 30.3 Å². The lowest BCUT2D eigenvalue weighted by Gasteiger charge is -2.34. The van der Waals surface area contributed by atoms with E-state index >= 15 is 0 Å². The molecule has 122 valence electrons. The van der Waals surface area contributed by atoms with Crippen LogP contribution in [0, 0.1) is 0 Å². The first-order chi connectivity index (χ1) is 9.76. The number of quaternary nitrogens is 1. The molecule has 7 heteroatoms. The van der Waals surface area contributed by atoms with Crippen LogP contribution < -0.4 is 4.47 Å². The maximum Gasteiger partial charge on any atom is 0.382 e. The molecule has 0 aliphatic carbocycles. The second-order valence-corrected chi connectivity index (χ2v) is 5.90. The quantitative estimate of drug-likeness (QED) is 0.480. The normalized spacial score (nSPS) is 11.5. The first-order valence-electron chi connectivity index (χ1n) is 7.13. The smallest absolute Gasteiger partial charge is 0.325 e. The lowest BCUT2D eigenvalue weighted by molar-refractivity contribution is -0.921. The van der Waals surface area contributed by atoms with E-state index in [0.29, 0.717) is 0 Å². The maximum absolute atomic E-state index is 10.4. The molecule has 21 heavy (non-hydrogen) atoms. The minimum atomic E-state index is -4.57. The number of hydrogen-bond donors (Lipinski definition) is 2. The van der Waals surface area contributed by atoms with Gasteiger partial charge in [-0.25, -0.2) is 0 Å². The Morgan fingerprint density at radius 3 is 1.57 bits per heavy atom. The van der Waals surface area contributed by atoms with E-state index in [1.807, 2.05) is 0 Å². The second kappa shape index (κ2) is 8.99. The number of rotatable bonds is 6. The number of para-hydroxylation sites is 1. The van der Waals surface area contributed by atoms with Crippen molar-refractivity contribution in [2.24, 2.45) is 0 Å². The molecule has 0 unspecified atom stereocenters. The fraction of sp³-hybridized carbons (Fsp3) is 0.571. The van der Waals surface area contributed by atoms with Gasteiger partial charge in [0.15, 0.2) is 0 Å². The van der Waals surface area contributed by atoms with Gasteiger partial charge in [0.25, 0.3) is 0 Å². The van der Waals surface area contributed by atoms with Gasteiger partial charge in [-0.1, -0.05) is 18.2 Å². The van der Waals surface area contributed by atoms with Gasteiger partial charge in [0.1, 0.15) is 0 Å². The Balaban J connectivity index is 0.000000400. The molecule has 0 aromatic heterocycles. The van der Waals surface area contributed by atoms with E-state index in [-0.39, 0.29) is 10.2 Å². The van der Waals surface area contributed by atoms with E-state index in [4.69, 9.17) is 9.76 Å². The molecule has 0 saturated heterocycles. The minimum absolute atomic E-state index is 0.0139. The van der Waals surface area contributed by atoms with Crippen molar-refractivity contribution in [2.75, 3.05) is 30.6 Å². The molecule has 0 heterocycles. The molecule has 0 aliphatic heterocycles. The zero-order valence-corrected chi connectivity index (χ0v) is 14.0. The summed E-state index contributed by atoms with van der Waals surface area (Å²) >= 11 is 0. The summed E-state index contributed by atoms with van der Waals surface area (Å²) in [6.07, 6.45) is 0. The zero-order chi connectivity index (χ0) is 16.5. The van der Waals surface area contributed by atoms with Crippen molar-refractivity contribution in [3.8, 4) is 0 Å². The van der Waals surface area contributed by atoms with Crippen LogP contribution >= 0.6 is 0 Å². The summed E-state index contributed by atoms with van der Waals surface area (Å²) in [5, 5.41) is 8.85. The summed E-state index contributed by atoms with van der Waals surface area (Å²) in [5.41, 5.74) is -0.0139. The van der Waals surface area contributed by atoms with Gasteiger partial charge in [-0.3, -0.25) is 9.76 Å². The van der Waals surface area contributed by atoms with Gasteiger partial charge in [-0.05, 0) is 39.8 Å². The molecule has 2 N–H and O–H groups in total. The highest BCUT2D eigenvalue weighted by Crippen LogP contribution is 2.12. The van der Waals surface area contributed by atoms with Gasteiger partial charge in [-0.2, -0.15) is 8.42 Å². The van der Waals surface area contributed by atoms with Crippen molar-refractivity contribution in [1.29, 1.82) is 0 Å². The molecule has 6 nitrogen and oxygen atoms in total. The van der Waals surface area contributed by atoms with E-state index in [0.717, 1.165) is 0 Å². The Morgan fingerprint density at radius 2 is 1.33 bits per heavy atom. The van der Waals surface area contributed by atoms with E-state index in [1.165, 1.54) is 54.9 Å². The summed E-state index contributed by atoms with van der Waals surface area (Å²) in [4.78, 5) is 0. The first kappa shape index (κ1) is 19.9. The average Bonchev–Trinajstić information content (AvgIpc) is 2.50. The van der Waals surface area contributed by atoms with E-state index in [1.54, 1.807) is 6.07 Å². The standard InChI is InChI=1S/C8H20N.C6H7NO4S/c1-5-9(6-2,7-3)8-4;8-7(12(9,10)11)6-4-2-1-3-5-6/h5-8H2,1-4H3;1-5,8H,(H,9,10,11)/q+1;. The van der Waals surface area contributed by atoms with Crippen molar-refractivity contribution in [2.45, 2.75) is 27.7 Å². The Kier molecular flexibility index (Phi) is 8.50. The van der Waals surface area contributed by atoms with Gasteiger partial charge in [-0.15, -0.1) is 4.47 Å². The Labute approximate surface area is 128 Å².